The summed E-state index contributed by atoms with van der Waals surface area (Å²) in [5, 5.41) is 12.7. The molecular formula is C21H21F3N4O. The van der Waals surface area contributed by atoms with E-state index in [1.165, 1.54) is 18.2 Å². The van der Waals surface area contributed by atoms with Gasteiger partial charge in [-0.05, 0) is 33.6 Å². The number of hydrogen-bond donors (Lipinski definition) is 1. The van der Waals surface area contributed by atoms with Gasteiger partial charge in [0.05, 0.1) is 17.3 Å². The van der Waals surface area contributed by atoms with Crippen molar-refractivity contribution in [2.24, 2.45) is 0 Å². The van der Waals surface area contributed by atoms with Gasteiger partial charge < -0.3 is 9.88 Å². The van der Waals surface area contributed by atoms with Crippen LogP contribution in [0.25, 0.3) is 10.8 Å². The molecule has 0 aliphatic heterocycles. The predicted molar refractivity (Wildman–Crippen MR) is 105 cm³/mol. The fraction of sp³-hybridized carbons (Fsp3) is 0.381. The minimum absolute atomic E-state index is 0.108. The van der Waals surface area contributed by atoms with E-state index in [1.807, 2.05) is 6.92 Å². The summed E-state index contributed by atoms with van der Waals surface area (Å²) in [6.07, 6.45) is 0.699. The van der Waals surface area contributed by atoms with Gasteiger partial charge in [0.1, 0.15) is 5.82 Å². The van der Waals surface area contributed by atoms with Crippen LogP contribution in [0.1, 0.15) is 56.0 Å². The van der Waals surface area contributed by atoms with E-state index in [1.54, 1.807) is 24.6 Å². The molecule has 0 amide bonds. The van der Waals surface area contributed by atoms with Crippen LogP contribution in [0.3, 0.4) is 0 Å². The van der Waals surface area contributed by atoms with E-state index in [9.17, 15) is 18.0 Å². The molecule has 5 nitrogen and oxygen atoms in total. The van der Waals surface area contributed by atoms with Crippen molar-refractivity contribution in [1.29, 1.82) is 0 Å². The van der Waals surface area contributed by atoms with Gasteiger partial charge in [0.15, 0.2) is 5.82 Å². The molecule has 29 heavy (non-hydrogen) atoms. The van der Waals surface area contributed by atoms with Gasteiger partial charge in [-0.3, -0.25) is 4.79 Å². The van der Waals surface area contributed by atoms with Crippen LogP contribution in [-0.2, 0) is 5.54 Å². The SMILES string of the molecule is Cc1nnc(N[C@H](C)c2cccc(C(F)F)c2F)c2cn(C3(C)CC3)c(=O)cc12. The molecule has 1 aromatic carbocycles. The molecule has 2 heterocycles. The number of rotatable bonds is 5. The Hall–Kier alpha value is -2.90. The van der Waals surface area contributed by atoms with Gasteiger partial charge in [-0.25, -0.2) is 13.2 Å². The molecule has 1 saturated carbocycles. The zero-order valence-corrected chi connectivity index (χ0v) is 16.3. The maximum Gasteiger partial charge on any atom is 0.266 e. The monoisotopic (exact) mass is 402 g/mol. The number of halogens is 3. The van der Waals surface area contributed by atoms with Crippen LogP contribution >= 0.6 is 0 Å². The summed E-state index contributed by atoms with van der Waals surface area (Å²) in [6, 6.07) is 4.85. The third-order valence-electron chi connectivity index (χ3n) is 5.67. The standard InChI is InChI=1S/C21H21F3N4O/c1-11(13-5-4-6-14(18(13)22)19(23)24)25-20-16-10-28(21(3)7-8-21)17(29)9-15(16)12(2)26-27-20/h4-6,9-11,19H,7-8H2,1-3H3,(H,25,27)/t11-/m1/s1. The fourth-order valence-electron chi connectivity index (χ4n) is 3.56. The van der Waals surface area contributed by atoms with Gasteiger partial charge in [0.25, 0.3) is 12.0 Å². The largest absolute Gasteiger partial charge is 0.361 e. The molecule has 8 heteroatoms. The molecule has 0 bridgehead atoms. The fourth-order valence-corrected chi connectivity index (χ4v) is 3.56. The van der Waals surface area contributed by atoms with Crippen molar-refractivity contribution in [3.63, 3.8) is 0 Å². The van der Waals surface area contributed by atoms with Crippen LogP contribution in [0.4, 0.5) is 19.0 Å². The van der Waals surface area contributed by atoms with Crippen molar-refractivity contribution in [3.05, 3.63) is 63.5 Å². The first-order valence-corrected chi connectivity index (χ1v) is 9.44. The lowest BCUT2D eigenvalue weighted by atomic mass is 10.0. The van der Waals surface area contributed by atoms with Gasteiger partial charge in [0, 0.05) is 34.1 Å². The highest BCUT2D eigenvalue weighted by Crippen LogP contribution is 2.42. The normalized spacial score (nSPS) is 16.2. The molecule has 1 N–H and O–H groups in total. The summed E-state index contributed by atoms with van der Waals surface area (Å²) in [5.41, 5.74) is -0.229. The summed E-state index contributed by atoms with van der Waals surface area (Å²) in [5.74, 6) is -0.563. The zero-order valence-electron chi connectivity index (χ0n) is 16.3. The Labute approximate surface area is 165 Å². The second kappa shape index (κ2) is 6.86. The van der Waals surface area contributed by atoms with Crippen molar-refractivity contribution in [3.8, 4) is 0 Å². The first-order valence-electron chi connectivity index (χ1n) is 9.44. The van der Waals surface area contributed by atoms with Gasteiger partial charge in [-0.15, -0.1) is 5.10 Å². The summed E-state index contributed by atoms with van der Waals surface area (Å²) < 4.78 is 42.3. The van der Waals surface area contributed by atoms with Crippen LogP contribution in [0.5, 0.6) is 0 Å². The Morgan fingerprint density at radius 2 is 1.86 bits per heavy atom. The van der Waals surface area contributed by atoms with Crippen LogP contribution < -0.4 is 10.9 Å². The number of nitrogens with one attached hydrogen (secondary N) is 1. The van der Waals surface area contributed by atoms with Crippen LogP contribution in [0.2, 0.25) is 0 Å². The third-order valence-corrected chi connectivity index (χ3v) is 5.67. The number of fused-ring (bicyclic) bond motifs is 1. The van der Waals surface area contributed by atoms with Crippen molar-refractivity contribution in [1.82, 2.24) is 14.8 Å². The first-order chi connectivity index (χ1) is 13.7. The molecule has 0 radical (unpaired) electrons. The van der Waals surface area contributed by atoms with E-state index < -0.39 is 23.8 Å². The molecule has 3 aromatic rings. The second-order valence-corrected chi connectivity index (χ2v) is 7.86. The van der Waals surface area contributed by atoms with Crippen LogP contribution in [0, 0.1) is 12.7 Å². The molecule has 1 atom stereocenters. The van der Waals surface area contributed by atoms with E-state index in [0.717, 1.165) is 18.9 Å². The maximum absolute atomic E-state index is 14.5. The number of anilines is 1. The Morgan fingerprint density at radius 3 is 2.52 bits per heavy atom. The zero-order chi connectivity index (χ0) is 20.9. The van der Waals surface area contributed by atoms with E-state index >= 15 is 0 Å². The maximum atomic E-state index is 14.5. The molecule has 1 aliphatic rings. The quantitative estimate of drug-likeness (QED) is 0.662. The number of aryl methyl sites for hydroxylation is 1. The summed E-state index contributed by atoms with van der Waals surface area (Å²) >= 11 is 0. The van der Waals surface area contributed by atoms with Gasteiger partial charge in [0.2, 0.25) is 0 Å². The third kappa shape index (κ3) is 3.36. The van der Waals surface area contributed by atoms with E-state index in [-0.39, 0.29) is 16.7 Å². The molecule has 0 saturated heterocycles. The smallest absolute Gasteiger partial charge is 0.266 e. The molecule has 1 fully saturated rings. The topological polar surface area (TPSA) is 59.8 Å². The molecule has 0 spiro atoms. The van der Waals surface area contributed by atoms with Crippen molar-refractivity contribution in [2.75, 3.05) is 5.32 Å². The van der Waals surface area contributed by atoms with E-state index in [4.69, 9.17) is 0 Å². The van der Waals surface area contributed by atoms with Crippen molar-refractivity contribution < 1.29 is 13.2 Å². The van der Waals surface area contributed by atoms with Crippen LogP contribution in [-0.4, -0.2) is 14.8 Å². The number of alkyl halides is 2. The highest BCUT2D eigenvalue weighted by molar-refractivity contribution is 5.92. The predicted octanol–water partition coefficient (Wildman–Crippen LogP) is 4.86. The van der Waals surface area contributed by atoms with E-state index in [0.29, 0.717) is 22.3 Å². The number of aromatic nitrogens is 3. The van der Waals surface area contributed by atoms with Gasteiger partial charge in [-0.1, -0.05) is 18.2 Å². The highest BCUT2D eigenvalue weighted by Gasteiger charge is 2.40. The van der Waals surface area contributed by atoms with E-state index in [2.05, 4.69) is 15.5 Å². The number of benzene rings is 1. The Kier molecular flexibility index (Phi) is 4.59. The Bertz CT molecular complexity index is 1150. The second-order valence-electron chi connectivity index (χ2n) is 7.86. The Morgan fingerprint density at radius 1 is 1.17 bits per heavy atom. The molecular weight excluding hydrogens is 381 g/mol. The van der Waals surface area contributed by atoms with Crippen molar-refractivity contribution >= 4 is 16.6 Å². The van der Waals surface area contributed by atoms with Crippen molar-refractivity contribution in [2.45, 2.75) is 51.6 Å². The minimum atomic E-state index is -2.89. The number of pyridine rings is 1. The first kappa shape index (κ1) is 19.4. The number of hydrogen-bond acceptors (Lipinski definition) is 4. The molecule has 4 rings (SSSR count). The molecule has 2 aromatic heterocycles. The average Bonchev–Trinajstić information content (AvgIpc) is 3.42. The number of nitrogens with zero attached hydrogens (tertiary/aromatic N) is 3. The molecule has 1 aliphatic carbocycles. The van der Waals surface area contributed by atoms with Gasteiger partial charge >= 0.3 is 0 Å². The lowest BCUT2D eigenvalue weighted by Crippen LogP contribution is -2.27. The molecule has 152 valence electrons. The lowest BCUT2D eigenvalue weighted by molar-refractivity contribution is 0.146. The lowest BCUT2D eigenvalue weighted by Gasteiger charge is -2.20. The average molecular weight is 402 g/mol. The molecule has 0 unspecified atom stereocenters. The van der Waals surface area contributed by atoms with Gasteiger partial charge in [-0.2, -0.15) is 5.10 Å². The highest BCUT2D eigenvalue weighted by atomic mass is 19.3. The summed E-state index contributed by atoms with van der Waals surface area (Å²) in [6.45, 7) is 5.44. The van der Waals surface area contributed by atoms with Crippen LogP contribution in [0.15, 0.2) is 35.3 Å². The Balaban J connectivity index is 1.78. The summed E-state index contributed by atoms with van der Waals surface area (Å²) in [4.78, 5) is 12.5. The minimum Gasteiger partial charge on any atom is -0.361 e. The summed E-state index contributed by atoms with van der Waals surface area (Å²) in [7, 11) is 0.